The molecule has 0 heterocycles. The molecule has 0 aliphatic rings. The molecule has 3 N–H and O–H groups in total. The first-order chi connectivity index (χ1) is 3.55. The molecule has 2 atom stereocenters. The molecule has 4 nitrogen and oxygen atoms in total. The average molecular weight is 174 g/mol. The van der Waals surface area contributed by atoms with Crippen LogP contribution in [0.15, 0.2) is 0 Å². The van der Waals surface area contributed by atoms with Crippen LogP contribution in [0.5, 0.6) is 0 Å². The Hall–Kier alpha value is -0.0905. The Morgan fingerprint density at radius 2 is 2.11 bits per heavy atom. The van der Waals surface area contributed by atoms with E-state index >= 15 is 0 Å². The molecule has 0 aromatic carbocycles. The molecule has 0 radical (unpaired) electrons. The minimum Gasteiger partial charge on any atom is -0.548 e. The number of carboxylic acid groups (broad SMARTS) is 1. The summed E-state index contributed by atoms with van der Waals surface area (Å²) >= 11 is 0. The second kappa shape index (κ2) is 4.76. The summed E-state index contributed by atoms with van der Waals surface area (Å²) in [5, 5.41) is 18.2. The van der Waals surface area contributed by atoms with Crippen LogP contribution in [0.4, 0.5) is 0 Å². The number of carbonyl (C=O) groups excluding carboxylic acids is 1. The van der Waals surface area contributed by atoms with Crippen molar-refractivity contribution in [2.24, 2.45) is 5.73 Å². The summed E-state index contributed by atoms with van der Waals surface area (Å²) in [5.74, 6) is -1.43. The molecule has 0 aromatic rings. The molecular weight excluding hydrogens is 166 g/mol. The summed E-state index contributed by atoms with van der Waals surface area (Å²) in [4.78, 5) is 9.74. The van der Waals surface area contributed by atoms with Gasteiger partial charge in [-0.15, -0.1) is 0 Å². The standard InChI is InChI=1S/C4H9NO3.Fe/c1-2(6)3(5)4(7)8;/h2-3,6H,5H2,1H3,(H,7,8);/q;+2/p-1/t2-,3+;/m1./s1. The Morgan fingerprint density at radius 1 is 1.78 bits per heavy atom. The molecule has 0 aromatic heterocycles. The van der Waals surface area contributed by atoms with E-state index in [4.69, 9.17) is 10.8 Å². The van der Waals surface area contributed by atoms with Crippen molar-refractivity contribution >= 4 is 5.97 Å². The molecular formula is C4H8FeNO3+. The van der Waals surface area contributed by atoms with Crippen LogP contribution in [0.2, 0.25) is 0 Å². The van der Waals surface area contributed by atoms with Gasteiger partial charge in [-0.1, -0.05) is 0 Å². The quantitative estimate of drug-likeness (QED) is 0.451. The maximum atomic E-state index is 9.74. The summed E-state index contributed by atoms with van der Waals surface area (Å²) in [7, 11) is 0. The van der Waals surface area contributed by atoms with Gasteiger partial charge in [0.1, 0.15) is 0 Å². The maximum absolute atomic E-state index is 9.74. The zero-order valence-corrected chi connectivity index (χ0v) is 5.95. The Morgan fingerprint density at radius 3 is 2.11 bits per heavy atom. The third-order valence-corrected chi connectivity index (χ3v) is 0.792. The number of rotatable bonds is 2. The smallest absolute Gasteiger partial charge is 0.548 e. The summed E-state index contributed by atoms with van der Waals surface area (Å²) < 4.78 is 0. The topological polar surface area (TPSA) is 86.4 Å². The Labute approximate surface area is 63.5 Å². The van der Waals surface area contributed by atoms with Gasteiger partial charge in [-0.2, -0.15) is 0 Å². The molecule has 0 bridgehead atoms. The van der Waals surface area contributed by atoms with E-state index in [9.17, 15) is 9.90 Å². The number of nitrogens with two attached hydrogens (primary N) is 1. The van der Waals surface area contributed by atoms with Crippen molar-refractivity contribution < 1.29 is 32.1 Å². The zero-order valence-electron chi connectivity index (χ0n) is 4.85. The van der Waals surface area contributed by atoms with Crippen LogP contribution in [-0.2, 0) is 21.9 Å². The van der Waals surface area contributed by atoms with E-state index in [1.807, 2.05) is 0 Å². The molecule has 0 aliphatic carbocycles. The molecule has 0 amide bonds. The molecule has 0 unspecified atom stereocenters. The average Bonchev–Trinajstić information content (AvgIpc) is 1.64. The summed E-state index contributed by atoms with van der Waals surface area (Å²) in [5.41, 5.74) is 4.85. The monoisotopic (exact) mass is 174 g/mol. The molecule has 54 valence electrons. The number of carbonyl (C=O) groups is 1. The van der Waals surface area contributed by atoms with Crippen LogP contribution in [0, 0.1) is 0 Å². The van der Waals surface area contributed by atoms with E-state index in [1.54, 1.807) is 0 Å². The predicted octanol–water partition coefficient (Wildman–Crippen LogP) is -2.56. The summed E-state index contributed by atoms with van der Waals surface area (Å²) in [6.07, 6.45) is -1.04. The van der Waals surface area contributed by atoms with Crippen LogP contribution in [0.1, 0.15) is 6.92 Å². The van der Waals surface area contributed by atoms with Crippen molar-refractivity contribution in [3.63, 3.8) is 0 Å². The van der Waals surface area contributed by atoms with Gasteiger partial charge in [-0.05, 0) is 6.92 Å². The molecule has 0 spiro atoms. The Balaban J connectivity index is 0. The van der Waals surface area contributed by atoms with Crippen molar-refractivity contribution in [3.8, 4) is 0 Å². The van der Waals surface area contributed by atoms with Crippen molar-refractivity contribution in [3.05, 3.63) is 0 Å². The van der Waals surface area contributed by atoms with Gasteiger partial charge in [0.25, 0.3) is 0 Å². The zero-order chi connectivity index (χ0) is 6.73. The van der Waals surface area contributed by atoms with E-state index in [0.717, 1.165) is 0 Å². The molecule has 9 heavy (non-hydrogen) atoms. The molecule has 5 heteroatoms. The molecule has 0 aliphatic heterocycles. The van der Waals surface area contributed by atoms with E-state index in [0.29, 0.717) is 0 Å². The van der Waals surface area contributed by atoms with Crippen molar-refractivity contribution in [2.75, 3.05) is 0 Å². The minimum absolute atomic E-state index is 0. The number of aliphatic carboxylic acids is 1. The second-order valence-electron chi connectivity index (χ2n) is 1.59. The maximum Gasteiger partial charge on any atom is 2.00 e. The van der Waals surface area contributed by atoms with Crippen LogP contribution < -0.4 is 10.8 Å². The molecule has 0 fully saturated rings. The summed E-state index contributed by atoms with van der Waals surface area (Å²) in [6, 6.07) is -1.27. The predicted molar refractivity (Wildman–Crippen MR) is 24.7 cm³/mol. The van der Waals surface area contributed by atoms with Crippen LogP contribution in [0.25, 0.3) is 0 Å². The largest absolute Gasteiger partial charge is 2.00 e. The Kier molecular flexibility index (Phi) is 6.17. The van der Waals surface area contributed by atoms with Gasteiger partial charge in [0.2, 0.25) is 0 Å². The fraction of sp³-hybridized carbons (Fsp3) is 0.750. The third kappa shape index (κ3) is 4.42. The minimum atomic E-state index is -1.43. The normalized spacial score (nSPS) is 15.4. The van der Waals surface area contributed by atoms with Crippen molar-refractivity contribution in [1.29, 1.82) is 0 Å². The molecule has 0 rings (SSSR count). The fourth-order valence-corrected chi connectivity index (χ4v) is 0.197. The number of hydrogen-bond acceptors (Lipinski definition) is 4. The van der Waals surface area contributed by atoms with Crippen LogP contribution in [0.3, 0.4) is 0 Å². The van der Waals surface area contributed by atoms with Gasteiger partial charge in [-0.25, -0.2) is 0 Å². The van der Waals surface area contributed by atoms with Gasteiger partial charge in [0.05, 0.1) is 18.1 Å². The first kappa shape index (κ1) is 11.7. The van der Waals surface area contributed by atoms with Crippen LogP contribution in [-0.4, -0.2) is 23.2 Å². The summed E-state index contributed by atoms with van der Waals surface area (Å²) in [6.45, 7) is 1.29. The Bertz CT molecular complexity index is 95.8. The third-order valence-electron chi connectivity index (χ3n) is 0.792. The molecule has 0 saturated carbocycles. The second-order valence-corrected chi connectivity index (χ2v) is 1.59. The SMILES string of the molecule is C[C@@H](O)[C@H](N)C(=O)[O-].[Fe+2]. The van der Waals surface area contributed by atoms with Gasteiger partial charge < -0.3 is 20.7 Å². The van der Waals surface area contributed by atoms with Gasteiger partial charge >= 0.3 is 17.1 Å². The van der Waals surface area contributed by atoms with Gasteiger partial charge in [-0.3, -0.25) is 0 Å². The van der Waals surface area contributed by atoms with E-state index in [2.05, 4.69) is 0 Å². The number of aliphatic hydroxyl groups is 1. The van der Waals surface area contributed by atoms with E-state index in [1.165, 1.54) is 6.92 Å². The van der Waals surface area contributed by atoms with Gasteiger partial charge in [0, 0.05) is 0 Å². The van der Waals surface area contributed by atoms with Crippen molar-refractivity contribution in [2.45, 2.75) is 19.1 Å². The van der Waals surface area contributed by atoms with E-state index in [-0.39, 0.29) is 17.1 Å². The van der Waals surface area contributed by atoms with Gasteiger partial charge in [0.15, 0.2) is 0 Å². The molecule has 0 saturated heterocycles. The number of carboxylic acids is 1. The first-order valence-corrected chi connectivity index (χ1v) is 2.20. The number of hydrogen-bond donors (Lipinski definition) is 2. The fourth-order valence-electron chi connectivity index (χ4n) is 0.197. The number of aliphatic hydroxyl groups excluding tert-OH is 1. The van der Waals surface area contributed by atoms with Crippen LogP contribution >= 0.6 is 0 Å². The first-order valence-electron chi connectivity index (χ1n) is 2.20. The van der Waals surface area contributed by atoms with Crippen molar-refractivity contribution in [1.82, 2.24) is 0 Å². The van der Waals surface area contributed by atoms with E-state index < -0.39 is 18.1 Å².